The summed E-state index contributed by atoms with van der Waals surface area (Å²) in [5, 5.41) is 7.66. The van der Waals surface area contributed by atoms with Gasteiger partial charge >= 0.3 is 0 Å². The fraction of sp³-hybridized carbons (Fsp3) is 0.917. The van der Waals surface area contributed by atoms with Gasteiger partial charge in [-0.25, -0.2) is 0 Å². The lowest BCUT2D eigenvalue weighted by molar-refractivity contribution is 0.0346. The van der Waals surface area contributed by atoms with Crippen LogP contribution in [0.1, 0.15) is 40.0 Å². The Bertz CT molecular complexity index is 275. The van der Waals surface area contributed by atoms with Crippen molar-refractivity contribution in [2.24, 2.45) is 17.8 Å². The maximum atomic E-state index is 7.66. The molecule has 0 bridgehead atoms. The van der Waals surface area contributed by atoms with Crippen LogP contribution in [0, 0.1) is 23.2 Å². The third-order valence-corrected chi connectivity index (χ3v) is 4.00. The van der Waals surface area contributed by atoms with Gasteiger partial charge in [0.05, 0.1) is 0 Å². The van der Waals surface area contributed by atoms with Crippen molar-refractivity contribution in [2.45, 2.75) is 49.9 Å². The zero-order valence-electron chi connectivity index (χ0n) is 10.5. The molecule has 1 saturated carbocycles. The Morgan fingerprint density at radius 3 is 2.35 bits per heavy atom. The van der Waals surface area contributed by atoms with E-state index in [1.54, 1.807) is 0 Å². The molecular formula is C12H20Cl3NO. The summed E-state index contributed by atoms with van der Waals surface area (Å²) in [7, 11) is 0. The molecule has 3 atom stereocenters. The first-order chi connectivity index (χ1) is 7.71. The van der Waals surface area contributed by atoms with Gasteiger partial charge in [0, 0.05) is 0 Å². The fourth-order valence-electron chi connectivity index (χ4n) is 2.47. The zero-order valence-corrected chi connectivity index (χ0v) is 12.7. The van der Waals surface area contributed by atoms with E-state index in [9.17, 15) is 0 Å². The van der Waals surface area contributed by atoms with Crippen LogP contribution in [-0.4, -0.2) is 15.8 Å². The van der Waals surface area contributed by atoms with Crippen LogP contribution in [0.5, 0.6) is 0 Å². The molecule has 2 unspecified atom stereocenters. The first kappa shape index (κ1) is 15.4. The molecule has 100 valence electrons. The number of hydrogen-bond donors (Lipinski definition) is 1. The van der Waals surface area contributed by atoms with Crippen molar-refractivity contribution < 1.29 is 4.74 Å². The summed E-state index contributed by atoms with van der Waals surface area (Å²) in [5.74, 6) is 1.32. The maximum Gasteiger partial charge on any atom is 0.265 e. The van der Waals surface area contributed by atoms with Gasteiger partial charge in [0.15, 0.2) is 0 Å². The smallest absolute Gasteiger partial charge is 0.265 e. The van der Waals surface area contributed by atoms with E-state index < -0.39 is 3.79 Å². The van der Waals surface area contributed by atoms with Gasteiger partial charge in [-0.05, 0) is 30.6 Å². The molecule has 0 aromatic heterocycles. The molecule has 1 N–H and O–H groups in total. The molecule has 2 nitrogen and oxygen atoms in total. The van der Waals surface area contributed by atoms with E-state index >= 15 is 0 Å². The van der Waals surface area contributed by atoms with Crippen LogP contribution in [0.3, 0.4) is 0 Å². The van der Waals surface area contributed by atoms with Gasteiger partial charge in [0.2, 0.25) is 5.90 Å². The first-order valence-electron chi connectivity index (χ1n) is 6.04. The molecule has 1 fully saturated rings. The number of hydrogen-bond acceptors (Lipinski definition) is 2. The molecule has 1 aliphatic rings. The molecule has 0 aromatic rings. The van der Waals surface area contributed by atoms with Crippen molar-refractivity contribution in [3.8, 4) is 0 Å². The van der Waals surface area contributed by atoms with E-state index in [0.717, 1.165) is 12.8 Å². The average molecular weight is 301 g/mol. The number of rotatable bonds is 2. The van der Waals surface area contributed by atoms with Crippen LogP contribution in [0.25, 0.3) is 0 Å². The minimum atomic E-state index is -1.75. The fourth-order valence-corrected chi connectivity index (χ4v) is 2.60. The van der Waals surface area contributed by atoms with Crippen molar-refractivity contribution in [1.29, 1.82) is 5.41 Å². The van der Waals surface area contributed by atoms with Crippen LogP contribution in [-0.2, 0) is 4.74 Å². The molecule has 5 heteroatoms. The van der Waals surface area contributed by atoms with Crippen molar-refractivity contribution >= 4 is 40.7 Å². The largest absolute Gasteiger partial charge is 0.474 e. The van der Waals surface area contributed by atoms with E-state index in [1.807, 2.05) is 0 Å². The van der Waals surface area contributed by atoms with Gasteiger partial charge in [-0.3, -0.25) is 5.41 Å². The summed E-state index contributed by atoms with van der Waals surface area (Å²) in [6, 6.07) is 0. The molecule has 0 saturated heterocycles. The minimum Gasteiger partial charge on any atom is -0.474 e. The molecule has 0 aromatic carbocycles. The SMILES string of the molecule is CC(C)C1CC[C@@H](C)CC1OC(=N)C(Cl)(Cl)Cl. The third-order valence-electron chi connectivity index (χ3n) is 3.49. The van der Waals surface area contributed by atoms with Crippen LogP contribution < -0.4 is 0 Å². The highest BCUT2D eigenvalue weighted by molar-refractivity contribution is 6.76. The lowest BCUT2D eigenvalue weighted by atomic mass is 9.75. The monoisotopic (exact) mass is 299 g/mol. The van der Waals surface area contributed by atoms with Crippen LogP contribution in [0.2, 0.25) is 0 Å². The van der Waals surface area contributed by atoms with Crippen molar-refractivity contribution in [2.75, 3.05) is 0 Å². The predicted molar refractivity (Wildman–Crippen MR) is 74.2 cm³/mol. The lowest BCUT2D eigenvalue weighted by Crippen LogP contribution is -2.38. The Balaban J connectivity index is 2.67. The second-order valence-electron chi connectivity index (χ2n) is 5.31. The van der Waals surface area contributed by atoms with E-state index in [1.165, 1.54) is 6.42 Å². The number of halogens is 3. The zero-order chi connectivity index (χ0) is 13.2. The van der Waals surface area contributed by atoms with E-state index in [0.29, 0.717) is 17.8 Å². The van der Waals surface area contributed by atoms with Crippen LogP contribution in [0.15, 0.2) is 0 Å². The molecule has 0 heterocycles. The number of nitrogens with one attached hydrogen (secondary N) is 1. The summed E-state index contributed by atoms with van der Waals surface area (Å²) < 4.78 is 3.84. The molecular weight excluding hydrogens is 280 g/mol. The second kappa shape index (κ2) is 5.99. The number of ether oxygens (including phenoxy) is 1. The molecule has 17 heavy (non-hydrogen) atoms. The molecule has 0 radical (unpaired) electrons. The quantitative estimate of drug-likeness (QED) is 0.443. The summed E-state index contributed by atoms with van der Waals surface area (Å²) in [6.45, 7) is 6.55. The molecule has 1 aliphatic carbocycles. The Labute approximate surface area is 118 Å². The third kappa shape index (κ3) is 4.50. The minimum absolute atomic E-state index is 0.00174. The normalized spacial score (nSPS) is 30.4. The molecule has 0 amide bonds. The van der Waals surface area contributed by atoms with Crippen molar-refractivity contribution in [3.63, 3.8) is 0 Å². The van der Waals surface area contributed by atoms with Crippen LogP contribution >= 0.6 is 34.8 Å². The second-order valence-corrected chi connectivity index (χ2v) is 7.59. The standard InChI is InChI=1S/C12H20Cl3NO/c1-7(2)9-5-4-8(3)6-10(9)17-11(16)12(13,14)15/h7-10,16H,4-6H2,1-3H3/t8-,9?,10?/m1/s1. The summed E-state index contributed by atoms with van der Waals surface area (Å²) >= 11 is 16.9. The van der Waals surface area contributed by atoms with Gasteiger partial charge in [-0.1, -0.05) is 62.0 Å². The summed E-state index contributed by atoms with van der Waals surface area (Å²) in [4.78, 5) is 0. The Morgan fingerprint density at radius 1 is 1.29 bits per heavy atom. The highest BCUT2D eigenvalue weighted by Crippen LogP contribution is 2.37. The Kier molecular flexibility index (Phi) is 5.42. The average Bonchev–Trinajstić information content (AvgIpc) is 2.15. The van der Waals surface area contributed by atoms with E-state index in [-0.39, 0.29) is 12.0 Å². The number of alkyl halides is 3. The van der Waals surface area contributed by atoms with Crippen LogP contribution in [0.4, 0.5) is 0 Å². The van der Waals surface area contributed by atoms with Gasteiger partial charge < -0.3 is 4.74 Å². The highest BCUT2D eigenvalue weighted by Gasteiger charge is 2.37. The summed E-state index contributed by atoms with van der Waals surface area (Å²) in [6.07, 6.45) is 3.27. The topological polar surface area (TPSA) is 33.1 Å². The maximum absolute atomic E-state index is 7.66. The first-order valence-corrected chi connectivity index (χ1v) is 7.17. The van der Waals surface area contributed by atoms with Crippen molar-refractivity contribution in [1.82, 2.24) is 0 Å². The molecule has 1 rings (SSSR count). The molecule has 0 aliphatic heterocycles. The highest BCUT2D eigenvalue weighted by atomic mass is 35.6. The van der Waals surface area contributed by atoms with Gasteiger partial charge in [0.1, 0.15) is 6.10 Å². The van der Waals surface area contributed by atoms with Gasteiger partial charge in [-0.15, -0.1) is 0 Å². The summed E-state index contributed by atoms with van der Waals surface area (Å²) in [5.41, 5.74) is 0. The Hall–Kier alpha value is 0.340. The van der Waals surface area contributed by atoms with Crippen molar-refractivity contribution in [3.05, 3.63) is 0 Å². The van der Waals surface area contributed by atoms with E-state index in [2.05, 4.69) is 20.8 Å². The predicted octanol–water partition coefficient (Wildman–Crippen LogP) is 4.81. The van der Waals surface area contributed by atoms with E-state index in [4.69, 9.17) is 44.9 Å². The van der Waals surface area contributed by atoms with Gasteiger partial charge in [-0.2, -0.15) is 0 Å². The van der Waals surface area contributed by atoms with Gasteiger partial charge in [0.25, 0.3) is 3.79 Å². The lowest BCUT2D eigenvalue weighted by Gasteiger charge is -2.37. The Morgan fingerprint density at radius 2 is 1.88 bits per heavy atom. The molecule has 0 spiro atoms.